The number of carbonyl (C=O) groups is 3. The number of ether oxygens (including phenoxy) is 1. The standard InChI is InChI=1S/C26H25N5O4/c1-18(35-23-10-9-19-5-2-3-6-20(19)16-23)25(33)29-30-26(34)21-7-4-8-22(15-21)28-24(32)11-13-31-14-12-27-17-31/h2-10,12,14-18H,11,13H2,1H3,(H,28,32)(H,29,33)(H,30,34). The van der Waals surface area contributed by atoms with Gasteiger partial charge in [-0.05, 0) is 48.0 Å². The van der Waals surface area contributed by atoms with Gasteiger partial charge in [-0.3, -0.25) is 25.2 Å². The Hall–Kier alpha value is -4.66. The van der Waals surface area contributed by atoms with Crippen molar-refractivity contribution in [3.63, 3.8) is 0 Å². The topological polar surface area (TPSA) is 114 Å². The van der Waals surface area contributed by atoms with Crippen LogP contribution in [-0.4, -0.2) is 33.4 Å². The van der Waals surface area contributed by atoms with Gasteiger partial charge in [0.2, 0.25) is 5.91 Å². The summed E-state index contributed by atoms with van der Waals surface area (Å²) in [4.78, 5) is 41.0. The summed E-state index contributed by atoms with van der Waals surface area (Å²) in [6, 6.07) is 19.8. The van der Waals surface area contributed by atoms with Crippen LogP contribution in [0.5, 0.6) is 5.75 Å². The largest absolute Gasteiger partial charge is 0.481 e. The van der Waals surface area contributed by atoms with Crippen LogP contribution in [0.4, 0.5) is 5.69 Å². The Morgan fingerprint density at radius 3 is 2.60 bits per heavy atom. The highest BCUT2D eigenvalue weighted by Crippen LogP contribution is 2.21. The number of aryl methyl sites for hydroxylation is 1. The molecule has 1 heterocycles. The Morgan fingerprint density at radius 2 is 1.80 bits per heavy atom. The van der Waals surface area contributed by atoms with Crippen LogP contribution < -0.4 is 20.9 Å². The molecule has 1 unspecified atom stereocenters. The average molecular weight is 472 g/mol. The van der Waals surface area contributed by atoms with Crippen molar-refractivity contribution >= 4 is 34.2 Å². The number of imidazole rings is 1. The van der Waals surface area contributed by atoms with Crippen molar-refractivity contribution in [2.45, 2.75) is 26.0 Å². The van der Waals surface area contributed by atoms with Crippen molar-refractivity contribution < 1.29 is 19.1 Å². The number of nitrogens with zero attached hydrogens (tertiary/aromatic N) is 2. The maximum atomic E-state index is 12.5. The summed E-state index contributed by atoms with van der Waals surface area (Å²) < 4.78 is 7.52. The minimum atomic E-state index is -0.836. The van der Waals surface area contributed by atoms with E-state index >= 15 is 0 Å². The van der Waals surface area contributed by atoms with E-state index in [1.54, 1.807) is 54.5 Å². The molecule has 178 valence electrons. The Labute approximate surface area is 202 Å². The second-order valence-corrected chi connectivity index (χ2v) is 7.89. The molecule has 3 amide bonds. The first-order valence-electron chi connectivity index (χ1n) is 11.1. The number of carbonyl (C=O) groups excluding carboxylic acids is 3. The number of hydrogen-bond acceptors (Lipinski definition) is 5. The van der Waals surface area contributed by atoms with E-state index in [9.17, 15) is 14.4 Å². The summed E-state index contributed by atoms with van der Waals surface area (Å²) in [5, 5.41) is 4.83. The Bertz CT molecular complexity index is 1340. The maximum Gasteiger partial charge on any atom is 0.279 e. The van der Waals surface area contributed by atoms with Crippen LogP contribution in [-0.2, 0) is 16.1 Å². The van der Waals surface area contributed by atoms with Crippen LogP contribution in [0.25, 0.3) is 10.8 Å². The van der Waals surface area contributed by atoms with E-state index in [4.69, 9.17) is 4.74 Å². The van der Waals surface area contributed by atoms with E-state index in [1.165, 1.54) is 6.07 Å². The second kappa shape index (κ2) is 11.0. The average Bonchev–Trinajstić information content (AvgIpc) is 3.39. The van der Waals surface area contributed by atoms with E-state index in [0.29, 0.717) is 18.0 Å². The minimum Gasteiger partial charge on any atom is -0.481 e. The predicted molar refractivity (Wildman–Crippen MR) is 132 cm³/mol. The number of anilines is 1. The fourth-order valence-corrected chi connectivity index (χ4v) is 3.40. The molecule has 0 bridgehead atoms. The summed E-state index contributed by atoms with van der Waals surface area (Å²) in [5.74, 6) is -0.667. The molecule has 0 radical (unpaired) electrons. The molecule has 3 aromatic carbocycles. The Kier molecular flexibility index (Phi) is 7.37. The van der Waals surface area contributed by atoms with Gasteiger partial charge in [0.15, 0.2) is 6.10 Å². The Morgan fingerprint density at radius 1 is 0.971 bits per heavy atom. The van der Waals surface area contributed by atoms with Gasteiger partial charge in [-0.15, -0.1) is 0 Å². The first kappa shape index (κ1) is 23.5. The Balaban J connectivity index is 1.27. The van der Waals surface area contributed by atoms with E-state index in [2.05, 4.69) is 21.2 Å². The fraction of sp³-hybridized carbons (Fsp3) is 0.154. The molecule has 1 atom stereocenters. The van der Waals surface area contributed by atoms with Crippen molar-refractivity contribution in [2.24, 2.45) is 0 Å². The summed E-state index contributed by atoms with van der Waals surface area (Å²) >= 11 is 0. The normalized spacial score (nSPS) is 11.5. The highest BCUT2D eigenvalue weighted by molar-refractivity contribution is 5.98. The van der Waals surface area contributed by atoms with Gasteiger partial charge in [0.25, 0.3) is 11.8 Å². The molecule has 0 aliphatic carbocycles. The third kappa shape index (κ3) is 6.44. The van der Waals surface area contributed by atoms with Crippen molar-refractivity contribution in [1.29, 1.82) is 0 Å². The molecule has 0 aliphatic heterocycles. The predicted octanol–water partition coefficient (Wildman–Crippen LogP) is 3.29. The van der Waals surface area contributed by atoms with Crippen molar-refractivity contribution in [3.8, 4) is 5.75 Å². The number of hydrazine groups is 1. The van der Waals surface area contributed by atoms with Gasteiger partial charge in [0.1, 0.15) is 5.75 Å². The van der Waals surface area contributed by atoms with Gasteiger partial charge >= 0.3 is 0 Å². The summed E-state index contributed by atoms with van der Waals surface area (Å²) in [6.45, 7) is 2.09. The molecule has 0 aliphatic rings. The van der Waals surface area contributed by atoms with E-state index in [-0.39, 0.29) is 17.9 Å². The van der Waals surface area contributed by atoms with E-state index in [1.807, 2.05) is 36.4 Å². The number of rotatable bonds is 8. The summed E-state index contributed by atoms with van der Waals surface area (Å²) in [6.07, 6.45) is 4.49. The third-order valence-corrected chi connectivity index (χ3v) is 5.27. The summed E-state index contributed by atoms with van der Waals surface area (Å²) in [7, 11) is 0. The zero-order valence-electron chi connectivity index (χ0n) is 19.1. The van der Waals surface area contributed by atoms with Gasteiger partial charge < -0.3 is 14.6 Å². The highest BCUT2D eigenvalue weighted by atomic mass is 16.5. The monoisotopic (exact) mass is 471 g/mol. The number of nitrogens with one attached hydrogen (secondary N) is 3. The molecular weight excluding hydrogens is 446 g/mol. The van der Waals surface area contributed by atoms with Crippen molar-refractivity contribution in [2.75, 3.05) is 5.32 Å². The van der Waals surface area contributed by atoms with Gasteiger partial charge in [0.05, 0.1) is 6.33 Å². The zero-order chi connectivity index (χ0) is 24.6. The number of aromatic nitrogens is 2. The SMILES string of the molecule is CC(Oc1ccc2ccccc2c1)C(=O)NNC(=O)c1cccc(NC(=O)CCn2ccnc2)c1. The first-order chi connectivity index (χ1) is 17.0. The first-order valence-corrected chi connectivity index (χ1v) is 11.1. The van der Waals surface area contributed by atoms with Crippen LogP contribution in [0.15, 0.2) is 85.5 Å². The lowest BCUT2D eigenvalue weighted by atomic mass is 10.1. The van der Waals surface area contributed by atoms with E-state index in [0.717, 1.165) is 10.8 Å². The molecule has 0 spiro atoms. The molecule has 1 aromatic heterocycles. The van der Waals surface area contributed by atoms with Gasteiger partial charge in [0, 0.05) is 36.6 Å². The highest BCUT2D eigenvalue weighted by Gasteiger charge is 2.16. The van der Waals surface area contributed by atoms with Crippen LogP contribution in [0.3, 0.4) is 0 Å². The maximum absolute atomic E-state index is 12.5. The van der Waals surface area contributed by atoms with Gasteiger partial charge in [-0.2, -0.15) is 0 Å². The molecule has 4 aromatic rings. The fourth-order valence-electron chi connectivity index (χ4n) is 3.40. The molecule has 9 heteroatoms. The lowest BCUT2D eigenvalue weighted by molar-refractivity contribution is -0.128. The molecule has 9 nitrogen and oxygen atoms in total. The molecule has 4 rings (SSSR count). The molecule has 0 fully saturated rings. The smallest absolute Gasteiger partial charge is 0.279 e. The van der Waals surface area contributed by atoms with E-state index < -0.39 is 17.9 Å². The molecule has 3 N–H and O–H groups in total. The number of benzene rings is 3. The molecule has 35 heavy (non-hydrogen) atoms. The zero-order valence-corrected chi connectivity index (χ0v) is 19.1. The number of fused-ring (bicyclic) bond motifs is 1. The lowest BCUT2D eigenvalue weighted by Crippen LogP contribution is -2.47. The third-order valence-electron chi connectivity index (χ3n) is 5.27. The van der Waals surface area contributed by atoms with Gasteiger partial charge in [-0.25, -0.2) is 4.98 Å². The van der Waals surface area contributed by atoms with Crippen LogP contribution in [0.1, 0.15) is 23.7 Å². The van der Waals surface area contributed by atoms with Crippen LogP contribution in [0.2, 0.25) is 0 Å². The molecule has 0 saturated carbocycles. The van der Waals surface area contributed by atoms with Crippen LogP contribution in [0, 0.1) is 0 Å². The second-order valence-electron chi connectivity index (χ2n) is 7.89. The van der Waals surface area contributed by atoms with Crippen LogP contribution >= 0.6 is 0 Å². The summed E-state index contributed by atoms with van der Waals surface area (Å²) in [5.41, 5.74) is 5.51. The van der Waals surface area contributed by atoms with Crippen molar-refractivity contribution in [3.05, 3.63) is 91.0 Å². The molecule has 0 saturated heterocycles. The lowest BCUT2D eigenvalue weighted by Gasteiger charge is -2.16. The van der Waals surface area contributed by atoms with Gasteiger partial charge in [-0.1, -0.05) is 36.4 Å². The minimum absolute atomic E-state index is 0.191. The number of hydrogen-bond donors (Lipinski definition) is 3. The quantitative estimate of drug-likeness (QED) is 0.341. The van der Waals surface area contributed by atoms with Crippen molar-refractivity contribution in [1.82, 2.24) is 20.4 Å². The molecular formula is C26H25N5O4. The number of amides is 3.